The first-order valence-corrected chi connectivity index (χ1v) is 5.41. The molecule has 1 aromatic carbocycles. The molecule has 1 heterocycles. The summed E-state index contributed by atoms with van der Waals surface area (Å²) in [7, 11) is 0. The van der Waals surface area contributed by atoms with E-state index in [0.29, 0.717) is 5.69 Å². The number of carbonyl (C=O) groups is 1. The van der Waals surface area contributed by atoms with Crippen LogP contribution in [0, 0.1) is 11.2 Å². The summed E-state index contributed by atoms with van der Waals surface area (Å²) >= 11 is 5.62. The van der Waals surface area contributed by atoms with Crippen molar-refractivity contribution in [1.82, 2.24) is 0 Å². The second kappa shape index (κ2) is 4.50. The molecule has 0 bridgehead atoms. The Labute approximate surface area is 102 Å². The van der Waals surface area contributed by atoms with Crippen molar-refractivity contribution in [2.75, 3.05) is 25.1 Å². The van der Waals surface area contributed by atoms with Gasteiger partial charge in [0.1, 0.15) is 11.2 Å². The number of anilines is 1. The molecule has 1 aliphatic heterocycles. The summed E-state index contributed by atoms with van der Waals surface area (Å²) in [5, 5.41) is 12.0. The molecule has 1 fully saturated rings. The maximum Gasteiger partial charge on any atom is 0.316 e. The lowest BCUT2D eigenvalue weighted by Crippen LogP contribution is -2.53. The minimum atomic E-state index is -0.899. The molecule has 4 nitrogen and oxygen atoms in total. The molecule has 0 aromatic heterocycles. The Morgan fingerprint density at radius 3 is 2.76 bits per heavy atom. The molecule has 0 spiro atoms. The fourth-order valence-corrected chi connectivity index (χ4v) is 1.71. The Hall–Kier alpha value is -1.33. The molecule has 0 atom stereocenters. The Morgan fingerprint density at radius 2 is 2.29 bits per heavy atom. The third-order valence-corrected chi connectivity index (χ3v) is 3.05. The minimum Gasteiger partial charge on any atom is -0.481 e. The molecule has 0 unspecified atom stereocenters. The van der Waals surface area contributed by atoms with Crippen LogP contribution in [0.5, 0.6) is 0 Å². The summed E-state index contributed by atoms with van der Waals surface area (Å²) in [6, 6.07) is 4.16. The third kappa shape index (κ3) is 2.35. The summed E-state index contributed by atoms with van der Waals surface area (Å²) in [5.41, 5.74) is -0.301. The summed E-state index contributed by atoms with van der Waals surface area (Å²) in [6.07, 6.45) is 0. The first-order chi connectivity index (χ1) is 8.03. The highest BCUT2D eigenvalue weighted by atomic mass is 35.5. The van der Waals surface area contributed by atoms with E-state index in [-0.39, 0.29) is 24.8 Å². The fraction of sp³-hybridized carbons (Fsp3) is 0.364. The standard InChI is InChI=1S/C11H11ClFNO3/c12-8-3-7(1-2-9(8)13)14-4-11(10(15)16)5-17-6-11/h1-3,14H,4-6H2,(H,15,16). The average molecular weight is 260 g/mol. The van der Waals surface area contributed by atoms with Gasteiger partial charge in [0.15, 0.2) is 0 Å². The molecule has 1 aliphatic rings. The number of hydrogen-bond donors (Lipinski definition) is 2. The Morgan fingerprint density at radius 1 is 1.59 bits per heavy atom. The number of carboxylic acid groups (broad SMARTS) is 1. The van der Waals surface area contributed by atoms with E-state index in [1.54, 1.807) is 0 Å². The average Bonchev–Trinajstić information content (AvgIpc) is 2.21. The van der Waals surface area contributed by atoms with E-state index in [9.17, 15) is 9.18 Å². The number of aliphatic carboxylic acids is 1. The van der Waals surface area contributed by atoms with Crippen molar-refractivity contribution < 1.29 is 19.0 Å². The quantitative estimate of drug-likeness (QED) is 0.868. The molecule has 92 valence electrons. The lowest BCUT2D eigenvalue weighted by atomic mass is 9.86. The van der Waals surface area contributed by atoms with Gasteiger partial charge in [-0.2, -0.15) is 0 Å². The van der Waals surface area contributed by atoms with Gasteiger partial charge in [-0.25, -0.2) is 4.39 Å². The first-order valence-electron chi connectivity index (χ1n) is 5.04. The first kappa shape index (κ1) is 12.1. The van der Waals surface area contributed by atoms with Crippen molar-refractivity contribution in [2.45, 2.75) is 0 Å². The molecule has 0 amide bonds. The molecule has 0 radical (unpaired) electrons. The lowest BCUT2D eigenvalue weighted by Gasteiger charge is -2.37. The van der Waals surface area contributed by atoms with Crippen molar-refractivity contribution in [2.24, 2.45) is 5.41 Å². The highest BCUT2D eigenvalue weighted by molar-refractivity contribution is 6.31. The van der Waals surface area contributed by atoms with Crippen LogP contribution in [0.2, 0.25) is 5.02 Å². The maximum atomic E-state index is 12.9. The number of hydrogen-bond acceptors (Lipinski definition) is 3. The summed E-state index contributed by atoms with van der Waals surface area (Å²) < 4.78 is 17.8. The van der Waals surface area contributed by atoms with Crippen LogP contribution in [0.15, 0.2) is 18.2 Å². The predicted octanol–water partition coefficient (Wildman–Crippen LogP) is 1.99. The number of benzene rings is 1. The monoisotopic (exact) mass is 259 g/mol. The highest BCUT2D eigenvalue weighted by Gasteiger charge is 2.46. The van der Waals surface area contributed by atoms with Crippen molar-refractivity contribution >= 4 is 23.3 Å². The molecule has 0 aliphatic carbocycles. The number of carboxylic acids is 1. The van der Waals surface area contributed by atoms with Crippen molar-refractivity contribution in [1.29, 1.82) is 0 Å². The van der Waals surface area contributed by atoms with Crippen LogP contribution in [0.25, 0.3) is 0 Å². The third-order valence-electron chi connectivity index (χ3n) is 2.76. The van der Waals surface area contributed by atoms with Crippen molar-refractivity contribution in [3.63, 3.8) is 0 Å². The van der Waals surface area contributed by atoms with Gasteiger partial charge >= 0.3 is 5.97 Å². The van der Waals surface area contributed by atoms with Gasteiger partial charge in [-0.15, -0.1) is 0 Å². The second-order valence-electron chi connectivity index (χ2n) is 4.06. The molecular formula is C11H11ClFNO3. The molecule has 1 saturated heterocycles. The molecule has 2 rings (SSSR count). The zero-order valence-corrected chi connectivity index (χ0v) is 9.63. The van der Waals surface area contributed by atoms with Crippen LogP contribution in [-0.2, 0) is 9.53 Å². The zero-order chi connectivity index (χ0) is 12.5. The molecule has 1 aromatic rings. The zero-order valence-electron chi connectivity index (χ0n) is 8.87. The van der Waals surface area contributed by atoms with Gasteiger partial charge in [-0.05, 0) is 18.2 Å². The van der Waals surface area contributed by atoms with Gasteiger partial charge in [-0.1, -0.05) is 11.6 Å². The number of rotatable bonds is 4. The minimum absolute atomic E-state index is 0.00392. The number of ether oxygens (including phenoxy) is 1. The van der Waals surface area contributed by atoms with E-state index in [0.717, 1.165) is 0 Å². The van der Waals surface area contributed by atoms with E-state index < -0.39 is 17.2 Å². The Bertz CT molecular complexity index is 448. The lowest BCUT2D eigenvalue weighted by molar-refractivity contribution is -0.176. The predicted molar refractivity (Wildman–Crippen MR) is 60.8 cm³/mol. The Balaban J connectivity index is 2.02. The van der Waals surface area contributed by atoms with Crippen LogP contribution >= 0.6 is 11.6 Å². The van der Waals surface area contributed by atoms with Gasteiger partial charge in [0.2, 0.25) is 0 Å². The molecule has 6 heteroatoms. The fourth-order valence-electron chi connectivity index (χ4n) is 1.53. The number of nitrogens with one attached hydrogen (secondary N) is 1. The summed E-state index contributed by atoms with van der Waals surface area (Å²) in [5.74, 6) is -1.40. The second-order valence-corrected chi connectivity index (χ2v) is 4.47. The van der Waals surface area contributed by atoms with E-state index in [2.05, 4.69) is 5.32 Å². The Kier molecular flexibility index (Phi) is 3.22. The van der Waals surface area contributed by atoms with Crippen LogP contribution < -0.4 is 5.32 Å². The van der Waals surface area contributed by atoms with Gasteiger partial charge in [-0.3, -0.25) is 4.79 Å². The van der Waals surface area contributed by atoms with Gasteiger partial charge in [0.05, 0.1) is 18.2 Å². The topological polar surface area (TPSA) is 58.6 Å². The van der Waals surface area contributed by atoms with Gasteiger partial charge in [0, 0.05) is 12.2 Å². The van der Waals surface area contributed by atoms with Gasteiger partial charge < -0.3 is 15.2 Å². The summed E-state index contributed by atoms with van der Waals surface area (Å²) in [4.78, 5) is 11.0. The van der Waals surface area contributed by atoms with E-state index in [1.165, 1.54) is 18.2 Å². The smallest absolute Gasteiger partial charge is 0.316 e. The maximum absolute atomic E-state index is 12.9. The number of halogens is 2. The van der Waals surface area contributed by atoms with Crippen LogP contribution in [0.4, 0.5) is 10.1 Å². The van der Waals surface area contributed by atoms with Crippen LogP contribution in [0.3, 0.4) is 0 Å². The van der Waals surface area contributed by atoms with E-state index in [4.69, 9.17) is 21.4 Å². The van der Waals surface area contributed by atoms with E-state index in [1.807, 2.05) is 0 Å². The normalized spacial score (nSPS) is 17.3. The highest BCUT2D eigenvalue weighted by Crippen LogP contribution is 2.29. The molecular weight excluding hydrogens is 249 g/mol. The van der Waals surface area contributed by atoms with Crippen molar-refractivity contribution in [3.8, 4) is 0 Å². The SMILES string of the molecule is O=C(O)C1(CNc2ccc(F)c(Cl)c2)COC1. The van der Waals surface area contributed by atoms with Gasteiger partial charge in [0.25, 0.3) is 0 Å². The van der Waals surface area contributed by atoms with Crippen LogP contribution in [-0.4, -0.2) is 30.8 Å². The molecule has 17 heavy (non-hydrogen) atoms. The molecule has 0 saturated carbocycles. The van der Waals surface area contributed by atoms with E-state index >= 15 is 0 Å². The molecule has 2 N–H and O–H groups in total. The summed E-state index contributed by atoms with van der Waals surface area (Å²) in [6.45, 7) is 0.596. The van der Waals surface area contributed by atoms with Crippen molar-refractivity contribution in [3.05, 3.63) is 29.0 Å². The largest absolute Gasteiger partial charge is 0.481 e. The van der Waals surface area contributed by atoms with Crippen LogP contribution in [0.1, 0.15) is 0 Å².